The molecule has 0 fully saturated rings. The van der Waals surface area contributed by atoms with E-state index >= 15 is 0 Å². The minimum absolute atomic E-state index is 0.285. The van der Waals surface area contributed by atoms with E-state index in [2.05, 4.69) is 83.4 Å². The highest BCUT2D eigenvalue weighted by atomic mass is 32.1. The Kier molecular flexibility index (Phi) is 3.90. The number of H-pyrrole nitrogens is 1. The van der Waals surface area contributed by atoms with Crippen LogP contribution >= 0.6 is 22.7 Å². The average Bonchev–Trinajstić information content (AvgIpc) is 3.29. The summed E-state index contributed by atoms with van der Waals surface area (Å²) >= 11 is 3.60. The molecule has 1 atom stereocenters. The molecule has 4 aromatic rings. The fourth-order valence-corrected chi connectivity index (χ4v) is 4.52. The van der Waals surface area contributed by atoms with Crippen LogP contribution in [0.2, 0.25) is 0 Å². The van der Waals surface area contributed by atoms with Gasteiger partial charge in [-0.2, -0.15) is 0 Å². The number of fused-ring (bicyclic) bond motifs is 1. The predicted molar refractivity (Wildman–Crippen MR) is 103 cm³/mol. The van der Waals surface area contributed by atoms with Crippen molar-refractivity contribution in [2.24, 2.45) is 0 Å². The Morgan fingerprint density at radius 3 is 2.57 bits per heavy atom. The first-order chi connectivity index (χ1) is 11.3. The Morgan fingerprint density at radius 2 is 1.78 bits per heavy atom. The molecule has 0 saturated carbocycles. The van der Waals surface area contributed by atoms with Crippen molar-refractivity contribution >= 4 is 39.7 Å². The molecule has 3 heteroatoms. The third kappa shape index (κ3) is 2.78. The molecule has 0 spiro atoms. The fourth-order valence-electron chi connectivity index (χ4n) is 3.08. The largest absolute Gasteiger partial charge is 0.358 e. The first-order valence-corrected chi connectivity index (χ1v) is 9.41. The van der Waals surface area contributed by atoms with E-state index in [0.29, 0.717) is 0 Å². The number of aromatic nitrogens is 1. The standard InChI is InChI=1S/C20H17NS2/c1-14-20(16-7-2-3-8-18(16)21-14)17(19-9-5-13-23-19)11-10-15-6-4-12-22-15/h2-13,17,21H,1H3/b11-10+. The lowest BCUT2D eigenvalue weighted by Gasteiger charge is -2.12. The van der Waals surface area contributed by atoms with Crippen LogP contribution in [-0.2, 0) is 0 Å². The van der Waals surface area contributed by atoms with E-state index < -0.39 is 0 Å². The van der Waals surface area contributed by atoms with Crippen molar-refractivity contribution in [2.45, 2.75) is 12.8 Å². The summed E-state index contributed by atoms with van der Waals surface area (Å²) in [6.45, 7) is 2.18. The zero-order valence-corrected chi connectivity index (χ0v) is 14.5. The van der Waals surface area contributed by atoms with E-state index in [-0.39, 0.29) is 5.92 Å². The summed E-state index contributed by atoms with van der Waals surface area (Å²) in [6, 6.07) is 17.2. The Bertz CT molecular complexity index is 928. The molecule has 1 unspecified atom stereocenters. The number of hydrogen-bond donors (Lipinski definition) is 1. The first-order valence-electron chi connectivity index (χ1n) is 7.65. The average molecular weight is 335 g/mol. The second-order valence-electron chi connectivity index (χ2n) is 5.58. The molecule has 0 amide bonds. The molecule has 1 nitrogen and oxygen atoms in total. The summed E-state index contributed by atoms with van der Waals surface area (Å²) in [7, 11) is 0. The normalized spacial score (nSPS) is 13.1. The van der Waals surface area contributed by atoms with Gasteiger partial charge in [0.2, 0.25) is 0 Å². The highest BCUT2D eigenvalue weighted by molar-refractivity contribution is 7.11. The molecular formula is C20H17NS2. The lowest BCUT2D eigenvalue weighted by molar-refractivity contribution is 1.05. The lowest BCUT2D eigenvalue weighted by Crippen LogP contribution is -1.96. The molecule has 3 heterocycles. The molecule has 0 aliphatic rings. The Morgan fingerprint density at radius 1 is 0.957 bits per heavy atom. The van der Waals surface area contributed by atoms with Crippen molar-refractivity contribution in [1.82, 2.24) is 4.98 Å². The number of aryl methyl sites for hydroxylation is 1. The van der Waals surface area contributed by atoms with Crippen LogP contribution in [-0.4, -0.2) is 4.98 Å². The van der Waals surface area contributed by atoms with Crippen LogP contribution in [0.5, 0.6) is 0 Å². The summed E-state index contributed by atoms with van der Waals surface area (Å²) in [5, 5.41) is 5.60. The highest BCUT2D eigenvalue weighted by Crippen LogP contribution is 2.37. The van der Waals surface area contributed by atoms with E-state index in [0.717, 1.165) is 0 Å². The highest BCUT2D eigenvalue weighted by Gasteiger charge is 2.19. The minimum Gasteiger partial charge on any atom is -0.358 e. The molecule has 0 bridgehead atoms. The van der Waals surface area contributed by atoms with Crippen LogP contribution in [0.15, 0.2) is 65.4 Å². The molecule has 23 heavy (non-hydrogen) atoms. The lowest BCUT2D eigenvalue weighted by atomic mass is 9.94. The number of rotatable bonds is 4. The Hall–Kier alpha value is -2.10. The minimum atomic E-state index is 0.285. The molecule has 0 aliphatic heterocycles. The molecule has 0 saturated heterocycles. The van der Waals surface area contributed by atoms with Crippen LogP contribution in [0.3, 0.4) is 0 Å². The van der Waals surface area contributed by atoms with Gasteiger partial charge in [-0.15, -0.1) is 22.7 Å². The maximum atomic E-state index is 3.54. The molecule has 1 aromatic carbocycles. The predicted octanol–water partition coefficient (Wildman–Crippen LogP) is 6.44. The van der Waals surface area contributed by atoms with Gasteiger partial charge in [-0.25, -0.2) is 0 Å². The van der Waals surface area contributed by atoms with Gasteiger partial charge < -0.3 is 4.98 Å². The van der Waals surface area contributed by atoms with Crippen molar-refractivity contribution in [2.75, 3.05) is 0 Å². The molecule has 114 valence electrons. The number of para-hydroxylation sites is 1. The molecular weight excluding hydrogens is 318 g/mol. The zero-order valence-electron chi connectivity index (χ0n) is 12.8. The van der Waals surface area contributed by atoms with Gasteiger partial charge in [0.1, 0.15) is 0 Å². The van der Waals surface area contributed by atoms with Crippen molar-refractivity contribution in [3.63, 3.8) is 0 Å². The molecule has 0 aliphatic carbocycles. The topological polar surface area (TPSA) is 15.8 Å². The van der Waals surface area contributed by atoms with Crippen LogP contribution < -0.4 is 0 Å². The second kappa shape index (κ2) is 6.19. The van der Waals surface area contributed by atoms with E-state index in [1.807, 2.05) is 11.3 Å². The van der Waals surface area contributed by atoms with Gasteiger partial charge in [-0.3, -0.25) is 0 Å². The monoisotopic (exact) mass is 335 g/mol. The van der Waals surface area contributed by atoms with Gasteiger partial charge >= 0.3 is 0 Å². The first kappa shape index (κ1) is 14.5. The maximum absolute atomic E-state index is 3.54. The fraction of sp³-hybridized carbons (Fsp3) is 0.100. The van der Waals surface area contributed by atoms with Gasteiger partial charge in [0, 0.05) is 32.3 Å². The van der Waals surface area contributed by atoms with Crippen LogP contribution in [0.1, 0.15) is 26.9 Å². The van der Waals surface area contributed by atoms with Crippen molar-refractivity contribution < 1.29 is 0 Å². The molecule has 1 N–H and O–H groups in total. The molecule has 0 radical (unpaired) electrons. The third-order valence-corrected chi connectivity index (χ3v) is 5.89. The summed E-state index contributed by atoms with van der Waals surface area (Å²) < 4.78 is 0. The SMILES string of the molecule is Cc1[nH]c2ccccc2c1C(/C=C/c1cccs1)c1cccs1. The molecule has 3 aromatic heterocycles. The van der Waals surface area contributed by atoms with E-state index in [9.17, 15) is 0 Å². The summed E-state index contributed by atoms with van der Waals surface area (Å²) in [5.74, 6) is 0.285. The van der Waals surface area contributed by atoms with Gasteiger partial charge in [-0.1, -0.05) is 36.4 Å². The summed E-state index contributed by atoms with van der Waals surface area (Å²) in [4.78, 5) is 6.21. The van der Waals surface area contributed by atoms with Crippen LogP contribution in [0.4, 0.5) is 0 Å². The van der Waals surface area contributed by atoms with Gasteiger partial charge in [-0.05, 0) is 47.5 Å². The van der Waals surface area contributed by atoms with Gasteiger partial charge in [0.25, 0.3) is 0 Å². The van der Waals surface area contributed by atoms with Crippen molar-refractivity contribution in [3.05, 3.63) is 86.4 Å². The second-order valence-corrected chi connectivity index (χ2v) is 7.54. The number of allylic oxidation sites excluding steroid dienone is 1. The zero-order chi connectivity index (χ0) is 15.6. The van der Waals surface area contributed by atoms with Crippen LogP contribution in [0, 0.1) is 6.92 Å². The number of benzene rings is 1. The van der Waals surface area contributed by atoms with E-state index in [1.165, 1.54) is 31.9 Å². The number of nitrogens with one attached hydrogen (secondary N) is 1. The van der Waals surface area contributed by atoms with E-state index in [1.54, 1.807) is 11.3 Å². The summed E-state index contributed by atoms with van der Waals surface area (Å²) in [6.07, 6.45) is 4.58. The number of hydrogen-bond acceptors (Lipinski definition) is 2. The van der Waals surface area contributed by atoms with Crippen molar-refractivity contribution in [3.8, 4) is 0 Å². The van der Waals surface area contributed by atoms with Crippen molar-refractivity contribution in [1.29, 1.82) is 0 Å². The summed E-state index contributed by atoms with van der Waals surface area (Å²) in [5.41, 5.74) is 3.85. The third-order valence-electron chi connectivity index (χ3n) is 4.10. The quantitative estimate of drug-likeness (QED) is 0.441. The number of thiophene rings is 2. The van der Waals surface area contributed by atoms with Gasteiger partial charge in [0.15, 0.2) is 0 Å². The van der Waals surface area contributed by atoms with Gasteiger partial charge in [0.05, 0.1) is 0 Å². The Balaban J connectivity index is 1.86. The Labute approximate surface area is 143 Å². The van der Waals surface area contributed by atoms with Crippen LogP contribution in [0.25, 0.3) is 17.0 Å². The smallest absolute Gasteiger partial charge is 0.0459 e. The van der Waals surface area contributed by atoms with E-state index in [4.69, 9.17) is 0 Å². The number of aromatic amines is 1. The maximum Gasteiger partial charge on any atom is 0.0459 e. The molecule has 4 rings (SSSR count).